The second-order valence-corrected chi connectivity index (χ2v) is 6.43. The fraction of sp³-hybridized carbons (Fsp3) is 0.421. The summed E-state index contributed by atoms with van der Waals surface area (Å²) in [7, 11) is 0. The molecule has 7 nitrogen and oxygen atoms in total. The normalized spacial score (nSPS) is 11.2. The Morgan fingerprint density at radius 1 is 1.27 bits per heavy atom. The summed E-state index contributed by atoms with van der Waals surface area (Å²) in [5, 5.41) is 12.0. The number of H-pyrrole nitrogens is 1. The van der Waals surface area contributed by atoms with Gasteiger partial charge in [-0.2, -0.15) is 4.98 Å². The molecular formula is C19H25N5O2. The molecule has 1 aromatic carbocycles. The summed E-state index contributed by atoms with van der Waals surface area (Å²) in [4.78, 5) is 24.0. The zero-order chi connectivity index (χ0) is 18.5. The lowest BCUT2D eigenvalue weighted by molar-refractivity contribution is 0.282. The molecule has 3 rings (SSSR count). The highest BCUT2D eigenvalue weighted by Gasteiger charge is 2.11. The van der Waals surface area contributed by atoms with Gasteiger partial charge in [0.2, 0.25) is 5.95 Å². The quantitative estimate of drug-likeness (QED) is 0.540. The first-order chi connectivity index (χ1) is 12.6. The van der Waals surface area contributed by atoms with Crippen LogP contribution >= 0.6 is 0 Å². The van der Waals surface area contributed by atoms with E-state index >= 15 is 0 Å². The summed E-state index contributed by atoms with van der Waals surface area (Å²) >= 11 is 0. The number of aryl methyl sites for hydroxylation is 3. The molecule has 0 unspecified atom stereocenters. The third kappa shape index (κ3) is 3.94. The van der Waals surface area contributed by atoms with Crippen LogP contribution in [0.4, 0.5) is 11.6 Å². The molecular weight excluding hydrogens is 330 g/mol. The number of fused-ring (bicyclic) bond motifs is 1. The van der Waals surface area contributed by atoms with E-state index < -0.39 is 0 Å². The van der Waals surface area contributed by atoms with Crippen LogP contribution in [0.25, 0.3) is 11.2 Å². The highest BCUT2D eigenvalue weighted by molar-refractivity contribution is 5.71. The lowest BCUT2D eigenvalue weighted by atomic mass is 10.1. The molecule has 0 bridgehead atoms. The first-order valence-corrected chi connectivity index (χ1v) is 9.05. The first kappa shape index (κ1) is 18.1. The van der Waals surface area contributed by atoms with Gasteiger partial charge in [0.15, 0.2) is 11.2 Å². The predicted octanol–water partition coefficient (Wildman–Crippen LogP) is 2.90. The number of nitrogens with zero attached hydrogens (tertiary/aromatic N) is 3. The molecule has 138 valence electrons. The van der Waals surface area contributed by atoms with E-state index in [1.54, 1.807) is 6.33 Å². The third-order valence-corrected chi connectivity index (χ3v) is 4.53. The highest BCUT2D eigenvalue weighted by Crippen LogP contribution is 2.19. The standard InChI is InChI=1S/C19H25N5O2/c1-3-14-11-15(8-7-13(14)2)21-19-22-17-16(18(26)23-19)24(12-20-17)9-5-4-6-10-25/h7-8,11-12,25H,3-6,9-10H2,1-2H3,(H2,21,22,23,26). The Balaban J connectivity index is 1.82. The van der Waals surface area contributed by atoms with Crippen molar-refractivity contribution in [2.45, 2.75) is 46.1 Å². The average Bonchev–Trinajstić information content (AvgIpc) is 3.04. The molecule has 2 aromatic heterocycles. The second kappa shape index (κ2) is 8.14. The minimum Gasteiger partial charge on any atom is -0.396 e. The van der Waals surface area contributed by atoms with E-state index in [1.807, 2.05) is 10.6 Å². The number of aromatic nitrogens is 4. The number of hydrogen-bond acceptors (Lipinski definition) is 5. The zero-order valence-electron chi connectivity index (χ0n) is 15.2. The molecule has 7 heteroatoms. The van der Waals surface area contributed by atoms with Gasteiger partial charge in [-0.05, 0) is 55.9 Å². The Morgan fingerprint density at radius 2 is 2.12 bits per heavy atom. The molecule has 0 fully saturated rings. The number of anilines is 2. The van der Waals surface area contributed by atoms with E-state index in [9.17, 15) is 4.79 Å². The topological polar surface area (TPSA) is 95.8 Å². The number of imidazole rings is 1. The highest BCUT2D eigenvalue weighted by atomic mass is 16.2. The lowest BCUT2D eigenvalue weighted by Gasteiger charge is -2.09. The summed E-state index contributed by atoms with van der Waals surface area (Å²) in [6.07, 6.45) is 5.16. The summed E-state index contributed by atoms with van der Waals surface area (Å²) in [6, 6.07) is 6.09. The third-order valence-electron chi connectivity index (χ3n) is 4.53. The summed E-state index contributed by atoms with van der Waals surface area (Å²) in [6.45, 7) is 5.08. The maximum absolute atomic E-state index is 12.5. The van der Waals surface area contributed by atoms with Crippen molar-refractivity contribution in [3.8, 4) is 0 Å². The summed E-state index contributed by atoms with van der Waals surface area (Å²) in [5.41, 5.74) is 4.10. The van der Waals surface area contributed by atoms with Crippen LogP contribution in [0.1, 0.15) is 37.3 Å². The first-order valence-electron chi connectivity index (χ1n) is 9.05. The number of aromatic amines is 1. The van der Waals surface area contributed by atoms with Crippen LogP contribution in [0.15, 0.2) is 29.3 Å². The van der Waals surface area contributed by atoms with Gasteiger partial charge in [0, 0.05) is 18.8 Å². The van der Waals surface area contributed by atoms with E-state index in [2.05, 4.69) is 46.2 Å². The average molecular weight is 355 g/mol. The summed E-state index contributed by atoms with van der Waals surface area (Å²) in [5.74, 6) is 0.388. The maximum atomic E-state index is 12.5. The largest absolute Gasteiger partial charge is 0.396 e. The molecule has 0 saturated heterocycles. The molecule has 3 N–H and O–H groups in total. The van der Waals surface area contributed by atoms with Crippen LogP contribution in [-0.2, 0) is 13.0 Å². The van der Waals surface area contributed by atoms with E-state index in [0.717, 1.165) is 31.4 Å². The van der Waals surface area contributed by atoms with Crippen molar-refractivity contribution < 1.29 is 5.11 Å². The van der Waals surface area contributed by atoms with Gasteiger partial charge in [-0.15, -0.1) is 0 Å². The minimum absolute atomic E-state index is 0.195. The van der Waals surface area contributed by atoms with E-state index in [0.29, 0.717) is 23.7 Å². The van der Waals surface area contributed by atoms with Crippen LogP contribution in [0, 0.1) is 6.92 Å². The number of unbranched alkanes of at least 4 members (excludes halogenated alkanes) is 2. The van der Waals surface area contributed by atoms with Crippen molar-refractivity contribution in [2.75, 3.05) is 11.9 Å². The molecule has 0 atom stereocenters. The fourth-order valence-corrected chi connectivity index (χ4v) is 3.05. The van der Waals surface area contributed by atoms with Gasteiger partial charge < -0.3 is 15.0 Å². The SMILES string of the molecule is CCc1cc(Nc2nc3ncn(CCCCCO)c3c(=O)[nH]2)ccc1C. The molecule has 0 radical (unpaired) electrons. The van der Waals surface area contributed by atoms with Crippen LogP contribution in [0.5, 0.6) is 0 Å². The van der Waals surface area contributed by atoms with Gasteiger partial charge in [0.25, 0.3) is 5.56 Å². The van der Waals surface area contributed by atoms with Gasteiger partial charge in [0.05, 0.1) is 6.33 Å². The molecule has 0 aliphatic carbocycles. The number of hydrogen-bond donors (Lipinski definition) is 3. The number of aliphatic hydroxyl groups is 1. The Labute approximate surface area is 152 Å². The Kier molecular flexibility index (Phi) is 5.68. The van der Waals surface area contributed by atoms with Crippen molar-refractivity contribution in [1.82, 2.24) is 19.5 Å². The van der Waals surface area contributed by atoms with E-state index in [-0.39, 0.29) is 12.2 Å². The fourth-order valence-electron chi connectivity index (χ4n) is 3.05. The summed E-state index contributed by atoms with van der Waals surface area (Å²) < 4.78 is 1.82. The lowest BCUT2D eigenvalue weighted by Crippen LogP contribution is -2.14. The van der Waals surface area contributed by atoms with Crippen molar-refractivity contribution >= 4 is 22.8 Å². The predicted molar refractivity (Wildman–Crippen MR) is 103 cm³/mol. The number of aliphatic hydroxyl groups excluding tert-OH is 1. The smallest absolute Gasteiger partial charge is 0.278 e. The van der Waals surface area contributed by atoms with Crippen LogP contribution < -0.4 is 10.9 Å². The number of benzene rings is 1. The molecule has 0 spiro atoms. The van der Waals surface area contributed by atoms with Gasteiger partial charge in [0.1, 0.15) is 0 Å². The second-order valence-electron chi connectivity index (χ2n) is 6.43. The molecule has 0 aliphatic heterocycles. The van der Waals surface area contributed by atoms with Crippen LogP contribution in [-0.4, -0.2) is 31.2 Å². The van der Waals surface area contributed by atoms with Gasteiger partial charge in [-0.1, -0.05) is 13.0 Å². The monoisotopic (exact) mass is 355 g/mol. The minimum atomic E-state index is -0.208. The van der Waals surface area contributed by atoms with Crippen molar-refractivity contribution in [1.29, 1.82) is 0 Å². The maximum Gasteiger partial charge on any atom is 0.278 e. The van der Waals surface area contributed by atoms with Gasteiger partial charge in [-0.3, -0.25) is 9.78 Å². The van der Waals surface area contributed by atoms with E-state index in [4.69, 9.17) is 5.11 Å². The van der Waals surface area contributed by atoms with Crippen LogP contribution in [0.2, 0.25) is 0 Å². The van der Waals surface area contributed by atoms with Gasteiger partial charge >= 0.3 is 0 Å². The molecule has 2 heterocycles. The van der Waals surface area contributed by atoms with E-state index in [1.165, 1.54) is 11.1 Å². The Hall–Kier alpha value is -2.67. The van der Waals surface area contributed by atoms with Crippen molar-refractivity contribution in [3.05, 3.63) is 46.0 Å². The Bertz CT molecular complexity index is 945. The number of rotatable bonds is 8. The Morgan fingerprint density at radius 3 is 2.88 bits per heavy atom. The molecule has 26 heavy (non-hydrogen) atoms. The number of nitrogens with one attached hydrogen (secondary N) is 2. The molecule has 0 aliphatic rings. The van der Waals surface area contributed by atoms with Crippen LogP contribution in [0.3, 0.4) is 0 Å². The van der Waals surface area contributed by atoms with Gasteiger partial charge in [-0.25, -0.2) is 4.98 Å². The molecule has 0 saturated carbocycles. The van der Waals surface area contributed by atoms with Crippen molar-refractivity contribution in [3.63, 3.8) is 0 Å². The zero-order valence-corrected chi connectivity index (χ0v) is 15.2. The molecule has 3 aromatic rings. The van der Waals surface area contributed by atoms with Crippen molar-refractivity contribution in [2.24, 2.45) is 0 Å². The molecule has 0 amide bonds.